The predicted molar refractivity (Wildman–Crippen MR) is 73.0 cm³/mol. The van der Waals surface area contributed by atoms with E-state index < -0.39 is 5.60 Å². The van der Waals surface area contributed by atoms with Gasteiger partial charge in [0.25, 0.3) is 0 Å². The number of unbranched alkanes of at least 4 members (excludes halogenated alkanes) is 3. The third-order valence-corrected chi connectivity index (χ3v) is 4.21. The molecule has 1 atom stereocenters. The Bertz CT molecular complexity index is 313. The van der Waals surface area contributed by atoms with Crippen LogP contribution < -0.4 is 0 Å². The van der Waals surface area contributed by atoms with Gasteiger partial charge in [-0.25, -0.2) is 0 Å². The van der Waals surface area contributed by atoms with Crippen LogP contribution in [0.15, 0.2) is 23.3 Å². The predicted octanol–water partition coefficient (Wildman–Crippen LogP) is 4.52. The zero-order valence-corrected chi connectivity index (χ0v) is 11.2. The van der Waals surface area contributed by atoms with Crippen LogP contribution in [0.2, 0.25) is 0 Å². The Morgan fingerprint density at radius 2 is 2.00 bits per heavy atom. The van der Waals surface area contributed by atoms with Crippen LogP contribution in [0.1, 0.15) is 71.1 Å². The summed E-state index contributed by atoms with van der Waals surface area (Å²) in [6.07, 6.45) is 16.2. The zero-order chi connectivity index (χ0) is 12.1. The number of rotatable bonds is 5. The van der Waals surface area contributed by atoms with Crippen LogP contribution in [0.3, 0.4) is 0 Å². The minimum absolute atomic E-state index is 0.524. The Kier molecular flexibility index (Phi) is 4.44. The molecule has 1 heteroatoms. The largest absolute Gasteiger partial charge is 0.385 e. The number of hydrogen-bond donors (Lipinski definition) is 1. The molecule has 2 aliphatic rings. The number of allylic oxidation sites excluding steroid dienone is 2. The van der Waals surface area contributed by atoms with Gasteiger partial charge < -0.3 is 5.11 Å². The summed E-state index contributed by atoms with van der Waals surface area (Å²) in [7, 11) is 0. The first-order valence-corrected chi connectivity index (χ1v) is 7.36. The molecule has 0 aliphatic heterocycles. The van der Waals surface area contributed by atoms with E-state index in [4.69, 9.17) is 0 Å². The lowest BCUT2D eigenvalue weighted by atomic mass is 9.77. The van der Waals surface area contributed by atoms with Crippen LogP contribution in [0, 0.1) is 0 Å². The second-order valence-corrected chi connectivity index (χ2v) is 5.76. The van der Waals surface area contributed by atoms with Crippen LogP contribution in [0.5, 0.6) is 0 Å². The van der Waals surface area contributed by atoms with Gasteiger partial charge in [0, 0.05) is 6.42 Å². The third kappa shape index (κ3) is 3.45. The molecule has 0 amide bonds. The molecule has 0 radical (unpaired) electrons. The average Bonchev–Trinajstić information content (AvgIpc) is 2.35. The molecule has 0 aromatic rings. The van der Waals surface area contributed by atoms with Crippen molar-refractivity contribution in [1.29, 1.82) is 0 Å². The molecule has 0 aromatic carbocycles. The standard InChI is InChI=1S/C16H26O/c1-2-3-4-7-11-16(17)12-10-14-8-5-6-9-15(14)13-16/h10,12,17H,2-9,11,13H2,1H3. The molecule has 0 bridgehead atoms. The average molecular weight is 234 g/mol. The maximum Gasteiger partial charge on any atom is 0.0867 e. The highest BCUT2D eigenvalue weighted by Gasteiger charge is 2.29. The Hall–Kier alpha value is -0.560. The van der Waals surface area contributed by atoms with Gasteiger partial charge >= 0.3 is 0 Å². The van der Waals surface area contributed by atoms with E-state index in [1.807, 2.05) is 0 Å². The van der Waals surface area contributed by atoms with Crippen molar-refractivity contribution in [3.63, 3.8) is 0 Å². The van der Waals surface area contributed by atoms with Crippen LogP contribution >= 0.6 is 0 Å². The van der Waals surface area contributed by atoms with Gasteiger partial charge in [-0.2, -0.15) is 0 Å². The Morgan fingerprint density at radius 3 is 2.82 bits per heavy atom. The van der Waals surface area contributed by atoms with Crippen molar-refractivity contribution >= 4 is 0 Å². The van der Waals surface area contributed by atoms with Crippen molar-refractivity contribution in [1.82, 2.24) is 0 Å². The van der Waals surface area contributed by atoms with E-state index in [-0.39, 0.29) is 0 Å². The molecule has 0 heterocycles. The summed E-state index contributed by atoms with van der Waals surface area (Å²) in [5.74, 6) is 0. The van der Waals surface area contributed by atoms with Gasteiger partial charge in [0.2, 0.25) is 0 Å². The molecule has 0 saturated heterocycles. The molecule has 0 aromatic heterocycles. The Morgan fingerprint density at radius 1 is 1.18 bits per heavy atom. The van der Waals surface area contributed by atoms with Crippen molar-refractivity contribution in [2.75, 3.05) is 0 Å². The minimum atomic E-state index is -0.524. The molecular weight excluding hydrogens is 208 g/mol. The lowest BCUT2D eigenvalue weighted by Crippen LogP contribution is -2.29. The smallest absolute Gasteiger partial charge is 0.0867 e. The summed E-state index contributed by atoms with van der Waals surface area (Å²) < 4.78 is 0. The van der Waals surface area contributed by atoms with E-state index in [0.717, 1.165) is 19.3 Å². The molecule has 2 aliphatic carbocycles. The van der Waals surface area contributed by atoms with Crippen LogP contribution in [-0.2, 0) is 0 Å². The van der Waals surface area contributed by atoms with E-state index >= 15 is 0 Å². The molecule has 2 rings (SSSR count). The fraction of sp³-hybridized carbons (Fsp3) is 0.750. The lowest BCUT2D eigenvalue weighted by molar-refractivity contribution is 0.0753. The summed E-state index contributed by atoms with van der Waals surface area (Å²) in [5.41, 5.74) is 2.54. The van der Waals surface area contributed by atoms with Gasteiger partial charge in [0.15, 0.2) is 0 Å². The highest BCUT2D eigenvalue weighted by molar-refractivity contribution is 5.35. The van der Waals surface area contributed by atoms with E-state index in [1.54, 1.807) is 0 Å². The van der Waals surface area contributed by atoms with E-state index in [9.17, 15) is 5.11 Å². The van der Waals surface area contributed by atoms with Crippen molar-refractivity contribution in [2.24, 2.45) is 0 Å². The molecule has 96 valence electrons. The normalized spacial score (nSPS) is 28.4. The van der Waals surface area contributed by atoms with Gasteiger partial charge in [-0.05, 0) is 37.7 Å². The first-order chi connectivity index (χ1) is 8.23. The molecular formula is C16H26O. The zero-order valence-electron chi connectivity index (χ0n) is 11.2. The van der Waals surface area contributed by atoms with Gasteiger partial charge in [0.1, 0.15) is 0 Å². The van der Waals surface area contributed by atoms with Crippen molar-refractivity contribution < 1.29 is 5.11 Å². The summed E-state index contributed by atoms with van der Waals surface area (Å²) >= 11 is 0. The summed E-state index contributed by atoms with van der Waals surface area (Å²) in [6, 6.07) is 0. The maximum atomic E-state index is 10.6. The fourth-order valence-electron chi connectivity index (χ4n) is 3.11. The molecule has 0 fully saturated rings. The lowest BCUT2D eigenvalue weighted by Gasteiger charge is -2.32. The highest BCUT2D eigenvalue weighted by Crippen LogP contribution is 2.37. The number of aliphatic hydroxyl groups is 1. The Labute approximate surface area is 106 Å². The summed E-state index contributed by atoms with van der Waals surface area (Å²) in [5, 5.41) is 10.6. The van der Waals surface area contributed by atoms with Gasteiger partial charge in [-0.3, -0.25) is 0 Å². The molecule has 0 saturated carbocycles. The first-order valence-electron chi connectivity index (χ1n) is 7.36. The SMILES string of the molecule is CCCCCCC1(O)C=CC2=C(CCCC2)C1. The molecule has 1 unspecified atom stereocenters. The van der Waals surface area contributed by atoms with E-state index in [1.165, 1.54) is 56.1 Å². The van der Waals surface area contributed by atoms with Gasteiger partial charge in [-0.15, -0.1) is 0 Å². The van der Waals surface area contributed by atoms with Crippen LogP contribution in [-0.4, -0.2) is 10.7 Å². The third-order valence-electron chi connectivity index (χ3n) is 4.21. The Balaban J connectivity index is 1.87. The van der Waals surface area contributed by atoms with Crippen molar-refractivity contribution in [3.8, 4) is 0 Å². The van der Waals surface area contributed by atoms with Crippen LogP contribution in [0.4, 0.5) is 0 Å². The summed E-state index contributed by atoms with van der Waals surface area (Å²) in [6.45, 7) is 2.23. The maximum absolute atomic E-state index is 10.6. The van der Waals surface area contributed by atoms with Gasteiger partial charge in [-0.1, -0.05) is 50.3 Å². The number of hydrogen-bond acceptors (Lipinski definition) is 1. The molecule has 17 heavy (non-hydrogen) atoms. The topological polar surface area (TPSA) is 20.2 Å². The first kappa shape index (κ1) is 12.9. The highest BCUT2D eigenvalue weighted by atomic mass is 16.3. The molecule has 0 spiro atoms. The van der Waals surface area contributed by atoms with Gasteiger partial charge in [0.05, 0.1) is 5.60 Å². The van der Waals surface area contributed by atoms with Crippen molar-refractivity contribution in [3.05, 3.63) is 23.3 Å². The van der Waals surface area contributed by atoms with E-state index in [0.29, 0.717) is 0 Å². The fourth-order valence-corrected chi connectivity index (χ4v) is 3.11. The monoisotopic (exact) mass is 234 g/mol. The van der Waals surface area contributed by atoms with Crippen molar-refractivity contribution in [2.45, 2.75) is 76.7 Å². The summed E-state index contributed by atoms with van der Waals surface area (Å²) in [4.78, 5) is 0. The second kappa shape index (κ2) is 5.86. The quantitative estimate of drug-likeness (QED) is 0.693. The molecule has 1 N–H and O–H groups in total. The molecule has 1 nitrogen and oxygen atoms in total. The minimum Gasteiger partial charge on any atom is -0.385 e. The van der Waals surface area contributed by atoms with Crippen LogP contribution in [0.25, 0.3) is 0 Å². The second-order valence-electron chi connectivity index (χ2n) is 5.76. The van der Waals surface area contributed by atoms with E-state index in [2.05, 4.69) is 19.1 Å².